The van der Waals surface area contributed by atoms with Crippen molar-refractivity contribution in [2.24, 2.45) is 0 Å². The van der Waals surface area contributed by atoms with E-state index in [4.69, 9.17) is 19.2 Å². The van der Waals surface area contributed by atoms with Crippen LogP contribution in [0.25, 0.3) is 0 Å². The topological polar surface area (TPSA) is 77.0 Å². The van der Waals surface area contributed by atoms with E-state index < -0.39 is 5.60 Å². The Labute approximate surface area is 182 Å². The average Bonchev–Trinajstić information content (AvgIpc) is 3.26. The van der Waals surface area contributed by atoms with E-state index in [1.54, 1.807) is 0 Å². The maximum Gasteiger partial charge on any atom is 0.231 e. The van der Waals surface area contributed by atoms with E-state index in [2.05, 4.69) is 4.98 Å². The molecule has 0 bridgehead atoms. The van der Waals surface area contributed by atoms with Gasteiger partial charge in [0.1, 0.15) is 5.60 Å². The van der Waals surface area contributed by atoms with Crippen LogP contribution < -0.4 is 14.4 Å². The molecular formula is C23H28N4O4. The number of amides is 1. The predicted octanol–water partition coefficient (Wildman–Crippen LogP) is 2.29. The standard InChI is InChI=1S/C23H28N4O4/c1-26(2)22-24-14-17-7-12-31-23(21(17)25-22)8-10-27(11-9-23)20(28)6-4-16-3-5-18-19(13-16)30-15-29-18/h3,5,13-14H,4,6-12,15H2,1-2H3. The van der Waals surface area contributed by atoms with Crippen molar-refractivity contribution in [2.45, 2.75) is 37.7 Å². The van der Waals surface area contributed by atoms with Crippen molar-refractivity contribution in [2.75, 3.05) is 45.5 Å². The van der Waals surface area contributed by atoms with Gasteiger partial charge in [-0.1, -0.05) is 6.07 Å². The third kappa shape index (κ3) is 3.80. The Morgan fingerprint density at radius 2 is 2.00 bits per heavy atom. The average molecular weight is 425 g/mol. The Morgan fingerprint density at radius 1 is 1.19 bits per heavy atom. The molecule has 0 aliphatic carbocycles. The first-order chi connectivity index (χ1) is 15.0. The van der Waals surface area contributed by atoms with E-state index in [9.17, 15) is 4.79 Å². The Balaban J connectivity index is 1.23. The van der Waals surface area contributed by atoms with Gasteiger partial charge in [-0.25, -0.2) is 9.97 Å². The van der Waals surface area contributed by atoms with E-state index in [0.29, 0.717) is 38.5 Å². The van der Waals surface area contributed by atoms with Crippen LogP contribution in [0, 0.1) is 0 Å². The number of anilines is 1. The first kappa shape index (κ1) is 20.1. The lowest BCUT2D eigenvalue weighted by molar-refractivity contribution is -0.141. The number of hydrogen-bond acceptors (Lipinski definition) is 7. The molecule has 1 fully saturated rings. The summed E-state index contributed by atoms with van der Waals surface area (Å²) in [6.45, 7) is 2.30. The van der Waals surface area contributed by atoms with Crippen LogP contribution in [0.5, 0.6) is 11.5 Å². The third-order valence-corrected chi connectivity index (χ3v) is 6.42. The van der Waals surface area contributed by atoms with Gasteiger partial charge in [0.15, 0.2) is 11.5 Å². The van der Waals surface area contributed by atoms with E-state index >= 15 is 0 Å². The second-order valence-electron chi connectivity index (χ2n) is 8.60. The lowest BCUT2D eigenvalue weighted by Gasteiger charge is -2.44. The molecule has 2 aromatic rings. The van der Waals surface area contributed by atoms with Gasteiger partial charge in [-0.2, -0.15) is 0 Å². The Bertz CT molecular complexity index is 986. The molecule has 31 heavy (non-hydrogen) atoms. The molecule has 1 saturated heterocycles. The molecule has 1 amide bonds. The third-order valence-electron chi connectivity index (χ3n) is 6.42. The van der Waals surface area contributed by atoms with Crippen molar-refractivity contribution < 1.29 is 19.0 Å². The van der Waals surface area contributed by atoms with Gasteiger partial charge in [-0.15, -0.1) is 0 Å². The molecule has 5 rings (SSSR count). The molecule has 1 aromatic heterocycles. The van der Waals surface area contributed by atoms with Gasteiger partial charge in [-0.3, -0.25) is 4.79 Å². The second-order valence-corrected chi connectivity index (χ2v) is 8.60. The SMILES string of the molecule is CN(C)c1ncc2c(n1)C1(CCN(C(=O)CCc3ccc4c(c3)OCO4)CC1)OCC2. The summed E-state index contributed by atoms with van der Waals surface area (Å²) in [5.41, 5.74) is 2.85. The van der Waals surface area contributed by atoms with Crippen LogP contribution in [-0.2, 0) is 28.0 Å². The van der Waals surface area contributed by atoms with Gasteiger partial charge in [0.05, 0.1) is 12.3 Å². The molecule has 4 heterocycles. The van der Waals surface area contributed by atoms with Gasteiger partial charge < -0.3 is 24.0 Å². The minimum atomic E-state index is -0.407. The Kier molecular flexibility index (Phi) is 5.17. The maximum absolute atomic E-state index is 12.9. The normalized spacial score (nSPS) is 18.7. The van der Waals surface area contributed by atoms with Crippen molar-refractivity contribution >= 4 is 11.9 Å². The van der Waals surface area contributed by atoms with Crippen molar-refractivity contribution in [3.05, 3.63) is 41.2 Å². The largest absolute Gasteiger partial charge is 0.454 e. The molecule has 0 radical (unpaired) electrons. The van der Waals surface area contributed by atoms with Crippen LogP contribution in [0.2, 0.25) is 0 Å². The Morgan fingerprint density at radius 3 is 2.81 bits per heavy atom. The van der Waals surface area contributed by atoms with Crippen LogP contribution in [0.4, 0.5) is 5.95 Å². The summed E-state index contributed by atoms with van der Waals surface area (Å²) in [6.07, 6.45) is 5.47. The molecule has 1 aromatic carbocycles. The number of nitrogens with zero attached hydrogens (tertiary/aromatic N) is 4. The molecule has 8 nitrogen and oxygen atoms in total. The van der Waals surface area contributed by atoms with Crippen LogP contribution in [-0.4, -0.2) is 61.4 Å². The maximum atomic E-state index is 12.9. The molecule has 1 spiro atoms. The fourth-order valence-corrected chi connectivity index (χ4v) is 4.62. The van der Waals surface area contributed by atoms with Gasteiger partial charge >= 0.3 is 0 Å². The van der Waals surface area contributed by atoms with Gasteiger partial charge in [-0.05, 0) is 48.9 Å². The number of rotatable bonds is 4. The van der Waals surface area contributed by atoms with Crippen LogP contribution in [0.15, 0.2) is 24.4 Å². The van der Waals surface area contributed by atoms with Crippen molar-refractivity contribution in [1.82, 2.24) is 14.9 Å². The fourth-order valence-electron chi connectivity index (χ4n) is 4.62. The number of aromatic nitrogens is 2. The molecule has 0 atom stereocenters. The molecule has 3 aliphatic heterocycles. The van der Waals surface area contributed by atoms with E-state index in [1.807, 2.05) is 48.3 Å². The van der Waals surface area contributed by atoms with Gasteiger partial charge in [0.25, 0.3) is 0 Å². The lowest BCUT2D eigenvalue weighted by Crippen LogP contribution is -2.49. The smallest absolute Gasteiger partial charge is 0.231 e. The summed E-state index contributed by atoms with van der Waals surface area (Å²) in [5, 5.41) is 0. The number of aryl methyl sites for hydroxylation is 1. The molecule has 164 valence electrons. The predicted molar refractivity (Wildman–Crippen MR) is 114 cm³/mol. The monoisotopic (exact) mass is 424 g/mol. The molecule has 0 N–H and O–H groups in total. The van der Waals surface area contributed by atoms with Gasteiger partial charge in [0.2, 0.25) is 18.6 Å². The van der Waals surface area contributed by atoms with Crippen LogP contribution in [0.3, 0.4) is 0 Å². The zero-order valence-corrected chi connectivity index (χ0v) is 18.1. The summed E-state index contributed by atoms with van der Waals surface area (Å²) in [7, 11) is 3.89. The van der Waals surface area contributed by atoms with Crippen molar-refractivity contribution in [3.63, 3.8) is 0 Å². The summed E-state index contributed by atoms with van der Waals surface area (Å²) < 4.78 is 17.1. The molecular weight excluding hydrogens is 396 g/mol. The van der Waals surface area contributed by atoms with Crippen molar-refractivity contribution in [1.29, 1.82) is 0 Å². The fraction of sp³-hybridized carbons (Fsp3) is 0.522. The lowest BCUT2D eigenvalue weighted by atomic mass is 9.83. The minimum absolute atomic E-state index is 0.181. The van der Waals surface area contributed by atoms with E-state index in [0.717, 1.165) is 42.0 Å². The number of hydrogen-bond donors (Lipinski definition) is 0. The highest BCUT2D eigenvalue weighted by Crippen LogP contribution is 2.41. The molecule has 3 aliphatic rings. The molecule has 8 heteroatoms. The number of piperidine rings is 1. The van der Waals surface area contributed by atoms with E-state index in [1.165, 1.54) is 5.56 Å². The quantitative estimate of drug-likeness (QED) is 0.745. The number of carbonyl (C=O) groups is 1. The minimum Gasteiger partial charge on any atom is -0.454 e. The second kappa shape index (κ2) is 8.00. The number of carbonyl (C=O) groups excluding carboxylic acids is 1. The highest BCUT2D eigenvalue weighted by Gasteiger charge is 2.43. The van der Waals surface area contributed by atoms with Gasteiger partial charge in [0, 0.05) is 39.8 Å². The number of benzene rings is 1. The zero-order valence-electron chi connectivity index (χ0n) is 18.1. The Hall–Kier alpha value is -2.87. The summed E-state index contributed by atoms with van der Waals surface area (Å²) >= 11 is 0. The highest BCUT2D eigenvalue weighted by atomic mass is 16.7. The summed E-state index contributed by atoms with van der Waals surface area (Å²) in [4.78, 5) is 26.0. The summed E-state index contributed by atoms with van der Waals surface area (Å²) in [5.74, 6) is 2.41. The number of fused-ring (bicyclic) bond motifs is 3. The van der Waals surface area contributed by atoms with Crippen molar-refractivity contribution in [3.8, 4) is 11.5 Å². The van der Waals surface area contributed by atoms with E-state index in [-0.39, 0.29) is 12.7 Å². The zero-order chi connectivity index (χ0) is 21.4. The number of likely N-dealkylation sites (tertiary alicyclic amines) is 1. The van der Waals surface area contributed by atoms with Crippen LogP contribution in [0.1, 0.15) is 36.1 Å². The highest BCUT2D eigenvalue weighted by molar-refractivity contribution is 5.76. The summed E-state index contributed by atoms with van der Waals surface area (Å²) in [6, 6.07) is 5.88. The number of ether oxygens (including phenoxy) is 3. The first-order valence-electron chi connectivity index (χ1n) is 10.9. The molecule has 0 saturated carbocycles. The van der Waals surface area contributed by atoms with Crippen LogP contribution >= 0.6 is 0 Å². The first-order valence-corrected chi connectivity index (χ1v) is 10.9. The molecule has 0 unspecified atom stereocenters.